The van der Waals surface area contributed by atoms with Gasteiger partial charge in [-0.2, -0.15) is 0 Å². The van der Waals surface area contributed by atoms with Crippen LogP contribution in [-0.2, 0) is 4.79 Å². The van der Waals surface area contributed by atoms with Crippen LogP contribution < -0.4 is 4.90 Å². The van der Waals surface area contributed by atoms with Crippen LogP contribution in [-0.4, -0.2) is 36.3 Å². The first-order chi connectivity index (χ1) is 11.9. The second-order valence-corrected chi connectivity index (χ2v) is 7.85. The molecular weight excluding hydrogens is 312 g/mol. The molecule has 1 heterocycles. The number of hydrogen-bond acceptors (Lipinski definition) is 2. The Balaban J connectivity index is 2.07. The fourth-order valence-corrected chi connectivity index (χ4v) is 3.03. The Bertz CT molecular complexity index is 566. The molecule has 0 saturated carbocycles. The van der Waals surface area contributed by atoms with Crippen LogP contribution in [0.2, 0.25) is 0 Å². The molecule has 0 radical (unpaired) electrons. The zero-order valence-corrected chi connectivity index (χ0v) is 16.1. The van der Waals surface area contributed by atoms with Crippen LogP contribution in [0.25, 0.3) is 0 Å². The number of nitrogens with zero attached hydrogens (tertiary/aromatic N) is 2. The van der Waals surface area contributed by atoms with E-state index in [2.05, 4.69) is 27.7 Å². The number of carbonyl (C=O) groups is 2. The Morgan fingerprint density at radius 2 is 1.60 bits per heavy atom. The average Bonchev–Trinajstić information content (AvgIpc) is 3.00. The van der Waals surface area contributed by atoms with E-state index in [1.165, 1.54) is 0 Å². The summed E-state index contributed by atoms with van der Waals surface area (Å²) in [7, 11) is 0. The second-order valence-electron chi connectivity index (χ2n) is 7.85. The molecule has 1 aromatic rings. The third-order valence-electron chi connectivity index (χ3n) is 4.74. The largest absolute Gasteiger partial charge is 0.339 e. The third-order valence-corrected chi connectivity index (χ3v) is 4.74. The zero-order valence-electron chi connectivity index (χ0n) is 16.1. The number of benzene rings is 1. The molecule has 0 spiro atoms. The summed E-state index contributed by atoms with van der Waals surface area (Å²) in [5, 5.41) is 0. The predicted octanol–water partition coefficient (Wildman–Crippen LogP) is 4.35. The van der Waals surface area contributed by atoms with E-state index in [9.17, 15) is 9.59 Å². The van der Waals surface area contributed by atoms with Crippen molar-refractivity contribution in [1.82, 2.24) is 4.90 Å². The van der Waals surface area contributed by atoms with E-state index in [4.69, 9.17) is 0 Å². The third kappa shape index (κ3) is 5.58. The Kier molecular flexibility index (Phi) is 7.03. The molecule has 25 heavy (non-hydrogen) atoms. The summed E-state index contributed by atoms with van der Waals surface area (Å²) in [6, 6.07) is 7.53. The van der Waals surface area contributed by atoms with Crippen molar-refractivity contribution in [3.63, 3.8) is 0 Å². The highest BCUT2D eigenvalue weighted by atomic mass is 16.2. The van der Waals surface area contributed by atoms with E-state index in [0.717, 1.165) is 44.6 Å². The maximum absolute atomic E-state index is 12.9. The molecule has 138 valence electrons. The Labute approximate surface area is 152 Å². The summed E-state index contributed by atoms with van der Waals surface area (Å²) in [6.45, 7) is 11.1. The molecule has 0 bridgehead atoms. The fraction of sp³-hybridized carbons (Fsp3) is 0.619. The molecule has 1 fully saturated rings. The van der Waals surface area contributed by atoms with E-state index in [1.54, 1.807) is 0 Å². The highest BCUT2D eigenvalue weighted by Gasteiger charge is 2.22. The SMILES string of the molecule is CC(C)CCN(CCC(C)C)C(=O)c1ccc(N2CCCC2=O)cc1. The van der Waals surface area contributed by atoms with Crippen molar-refractivity contribution in [2.24, 2.45) is 11.8 Å². The van der Waals surface area contributed by atoms with Gasteiger partial charge in [-0.25, -0.2) is 0 Å². The maximum atomic E-state index is 12.9. The molecule has 1 saturated heterocycles. The average molecular weight is 344 g/mol. The predicted molar refractivity (Wildman–Crippen MR) is 103 cm³/mol. The van der Waals surface area contributed by atoms with E-state index in [-0.39, 0.29) is 11.8 Å². The molecule has 4 nitrogen and oxygen atoms in total. The molecular formula is C21H32N2O2. The lowest BCUT2D eigenvalue weighted by Crippen LogP contribution is -2.34. The fourth-order valence-electron chi connectivity index (χ4n) is 3.03. The Morgan fingerprint density at radius 1 is 1.04 bits per heavy atom. The number of rotatable bonds is 8. The molecule has 1 aromatic carbocycles. The summed E-state index contributed by atoms with van der Waals surface area (Å²) in [5.41, 5.74) is 1.61. The minimum absolute atomic E-state index is 0.0978. The van der Waals surface area contributed by atoms with Crippen molar-refractivity contribution in [2.75, 3.05) is 24.5 Å². The first kappa shape index (κ1) is 19.5. The van der Waals surface area contributed by atoms with Crippen LogP contribution in [0, 0.1) is 11.8 Å². The van der Waals surface area contributed by atoms with Crippen LogP contribution in [0.15, 0.2) is 24.3 Å². The minimum Gasteiger partial charge on any atom is -0.339 e. The lowest BCUT2D eigenvalue weighted by Gasteiger charge is -2.25. The first-order valence-electron chi connectivity index (χ1n) is 9.58. The van der Waals surface area contributed by atoms with Gasteiger partial charge in [0.1, 0.15) is 0 Å². The highest BCUT2D eigenvalue weighted by molar-refractivity contribution is 5.97. The van der Waals surface area contributed by atoms with E-state index in [0.29, 0.717) is 23.8 Å². The summed E-state index contributed by atoms with van der Waals surface area (Å²) >= 11 is 0. The first-order valence-corrected chi connectivity index (χ1v) is 9.58. The van der Waals surface area contributed by atoms with Gasteiger partial charge in [-0.3, -0.25) is 9.59 Å². The van der Waals surface area contributed by atoms with Gasteiger partial charge in [0.15, 0.2) is 0 Å². The van der Waals surface area contributed by atoms with Crippen molar-refractivity contribution in [1.29, 1.82) is 0 Å². The molecule has 0 unspecified atom stereocenters. The Hall–Kier alpha value is -1.84. The monoisotopic (exact) mass is 344 g/mol. The van der Waals surface area contributed by atoms with Crippen molar-refractivity contribution in [3.05, 3.63) is 29.8 Å². The molecule has 0 aromatic heterocycles. The van der Waals surface area contributed by atoms with Crippen molar-refractivity contribution < 1.29 is 9.59 Å². The number of carbonyl (C=O) groups excluding carboxylic acids is 2. The lowest BCUT2D eigenvalue weighted by molar-refractivity contribution is -0.117. The molecule has 4 heteroatoms. The van der Waals surface area contributed by atoms with Crippen molar-refractivity contribution in [3.8, 4) is 0 Å². The second kappa shape index (κ2) is 9.02. The van der Waals surface area contributed by atoms with Crippen LogP contribution >= 0.6 is 0 Å². The van der Waals surface area contributed by atoms with Gasteiger partial charge in [0.2, 0.25) is 5.91 Å². The van der Waals surface area contributed by atoms with Crippen LogP contribution in [0.1, 0.15) is 63.7 Å². The zero-order chi connectivity index (χ0) is 18.4. The standard InChI is InChI=1S/C21H32N2O2/c1-16(2)11-14-22(15-12-17(3)4)21(25)18-7-9-19(10-8-18)23-13-5-6-20(23)24/h7-10,16-17H,5-6,11-15H2,1-4H3. The van der Waals surface area contributed by atoms with E-state index in [1.807, 2.05) is 34.1 Å². The van der Waals surface area contributed by atoms with Crippen molar-refractivity contribution >= 4 is 17.5 Å². The van der Waals surface area contributed by atoms with Gasteiger partial charge in [0, 0.05) is 37.3 Å². The van der Waals surface area contributed by atoms with Gasteiger partial charge in [-0.05, 0) is 55.4 Å². The summed E-state index contributed by atoms with van der Waals surface area (Å²) in [5.74, 6) is 1.44. The van der Waals surface area contributed by atoms with Crippen LogP contribution in [0.5, 0.6) is 0 Å². The summed E-state index contributed by atoms with van der Waals surface area (Å²) in [4.78, 5) is 28.6. The number of amides is 2. The molecule has 0 atom stereocenters. The quantitative estimate of drug-likeness (QED) is 0.703. The van der Waals surface area contributed by atoms with Crippen LogP contribution in [0.4, 0.5) is 5.69 Å². The van der Waals surface area contributed by atoms with E-state index >= 15 is 0 Å². The molecule has 1 aliphatic heterocycles. The molecule has 2 amide bonds. The van der Waals surface area contributed by atoms with E-state index < -0.39 is 0 Å². The summed E-state index contributed by atoms with van der Waals surface area (Å²) < 4.78 is 0. The van der Waals surface area contributed by atoms with Gasteiger partial charge in [-0.1, -0.05) is 27.7 Å². The van der Waals surface area contributed by atoms with Crippen LogP contribution in [0.3, 0.4) is 0 Å². The topological polar surface area (TPSA) is 40.6 Å². The number of hydrogen-bond donors (Lipinski definition) is 0. The highest BCUT2D eigenvalue weighted by Crippen LogP contribution is 2.22. The van der Waals surface area contributed by atoms with Gasteiger partial charge < -0.3 is 9.80 Å². The normalized spacial score (nSPS) is 14.6. The van der Waals surface area contributed by atoms with Gasteiger partial charge in [0.25, 0.3) is 5.91 Å². The van der Waals surface area contributed by atoms with Gasteiger partial charge in [0.05, 0.1) is 0 Å². The van der Waals surface area contributed by atoms with Crippen molar-refractivity contribution in [2.45, 2.75) is 53.4 Å². The molecule has 2 rings (SSSR count). The van der Waals surface area contributed by atoms with Gasteiger partial charge >= 0.3 is 0 Å². The maximum Gasteiger partial charge on any atom is 0.253 e. The summed E-state index contributed by atoms with van der Waals surface area (Å²) in [6.07, 6.45) is 3.57. The molecule has 0 N–H and O–H groups in total. The molecule has 1 aliphatic rings. The number of anilines is 1. The van der Waals surface area contributed by atoms with Gasteiger partial charge in [-0.15, -0.1) is 0 Å². The minimum atomic E-state index is 0.0978. The molecule has 0 aliphatic carbocycles. The Morgan fingerprint density at radius 3 is 2.04 bits per heavy atom. The lowest BCUT2D eigenvalue weighted by atomic mass is 10.1. The smallest absolute Gasteiger partial charge is 0.253 e.